The second-order valence-electron chi connectivity index (χ2n) is 8.48. The maximum atomic E-state index is 12.9. The molecule has 1 amide bonds. The summed E-state index contributed by atoms with van der Waals surface area (Å²) in [5.41, 5.74) is 1.32. The lowest BCUT2D eigenvalue weighted by Crippen LogP contribution is -2.30. The largest absolute Gasteiger partial charge is 0.341 e. The number of thioether (sulfide) groups is 1. The molecule has 2 aliphatic rings. The highest BCUT2D eigenvalue weighted by molar-refractivity contribution is 7.99. The number of aromatic nitrogens is 3. The molecule has 2 fully saturated rings. The highest BCUT2D eigenvalue weighted by Crippen LogP contribution is 2.41. The van der Waals surface area contributed by atoms with Gasteiger partial charge in [-0.2, -0.15) is 4.31 Å². The monoisotopic (exact) mass is 492 g/mol. The van der Waals surface area contributed by atoms with Crippen molar-refractivity contribution in [1.82, 2.24) is 19.1 Å². The van der Waals surface area contributed by atoms with Crippen molar-refractivity contribution in [2.45, 2.75) is 62.5 Å². The van der Waals surface area contributed by atoms with Crippen LogP contribution in [0.25, 0.3) is 0 Å². The van der Waals surface area contributed by atoms with Crippen molar-refractivity contribution in [2.24, 2.45) is 0 Å². The molecule has 33 heavy (non-hydrogen) atoms. The summed E-state index contributed by atoms with van der Waals surface area (Å²) in [6.45, 7) is 8.26. The van der Waals surface area contributed by atoms with E-state index in [4.69, 9.17) is 0 Å². The molecule has 4 rings (SSSR count). The molecule has 2 heterocycles. The number of carbonyl (C=O) groups excluding carboxylic acids is 1. The minimum atomic E-state index is -3.59. The molecule has 9 nitrogen and oxygen atoms in total. The lowest BCUT2D eigenvalue weighted by Gasteiger charge is -2.19. The van der Waals surface area contributed by atoms with E-state index in [2.05, 4.69) is 25.0 Å². The van der Waals surface area contributed by atoms with Gasteiger partial charge in [0.2, 0.25) is 21.9 Å². The van der Waals surface area contributed by atoms with Crippen molar-refractivity contribution < 1.29 is 13.2 Å². The van der Waals surface area contributed by atoms with E-state index >= 15 is 0 Å². The number of carbonyl (C=O) groups is 1. The summed E-state index contributed by atoms with van der Waals surface area (Å²) in [5.74, 6) is 0.897. The van der Waals surface area contributed by atoms with E-state index in [0.29, 0.717) is 24.8 Å². The van der Waals surface area contributed by atoms with Gasteiger partial charge < -0.3 is 10.2 Å². The molecule has 1 aromatic heterocycles. The highest BCUT2D eigenvalue weighted by Gasteiger charge is 2.32. The zero-order valence-electron chi connectivity index (χ0n) is 19.5. The van der Waals surface area contributed by atoms with Crippen molar-refractivity contribution in [1.29, 1.82) is 0 Å². The molecule has 0 unspecified atom stereocenters. The highest BCUT2D eigenvalue weighted by atomic mass is 32.2. The smallest absolute Gasteiger partial charge is 0.243 e. The number of aryl methyl sites for hydroxylation is 1. The van der Waals surface area contributed by atoms with E-state index in [-0.39, 0.29) is 16.6 Å². The quantitative estimate of drug-likeness (QED) is 0.508. The van der Waals surface area contributed by atoms with Gasteiger partial charge in [0, 0.05) is 37.9 Å². The van der Waals surface area contributed by atoms with Gasteiger partial charge in [0.1, 0.15) is 0 Å². The molecule has 0 bridgehead atoms. The van der Waals surface area contributed by atoms with Crippen molar-refractivity contribution in [3.63, 3.8) is 0 Å². The van der Waals surface area contributed by atoms with Gasteiger partial charge in [0.15, 0.2) is 5.16 Å². The number of hydrogen-bond donors (Lipinski definition) is 1. The second kappa shape index (κ2) is 10.0. The average molecular weight is 493 g/mol. The van der Waals surface area contributed by atoms with Gasteiger partial charge in [-0.15, -0.1) is 10.2 Å². The maximum absolute atomic E-state index is 12.9. The van der Waals surface area contributed by atoms with E-state index in [1.165, 1.54) is 28.9 Å². The van der Waals surface area contributed by atoms with Crippen LogP contribution in [0.4, 0.5) is 11.6 Å². The Morgan fingerprint density at radius 1 is 1.18 bits per heavy atom. The Hall–Kier alpha value is -2.11. The van der Waals surface area contributed by atoms with Gasteiger partial charge in [-0.3, -0.25) is 9.36 Å². The van der Waals surface area contributed by atoms with Crippen LogP contribution in [0.1, 0.15) is 51.1 Å². The Labute approximate surface area is 200 Å². The molecule has 11 heteroatoms. The number of nitrogens with one attached hydrogen (secondary N) is 1. The Bertz CT molecular complexity index is 1100. The maximum Gasteiger partial charge on any atom is 0.243 e. The third-order valence-electron chi connectivity index (χ3n) is 6.11. The Kier molecular flexibility index (Phi) is 7.30. The molecule has 1 saturated carbocycles. The summed E-state index contributed by atoms with van der Waals surface area (Å²) in [7, 11) is -3.59. The van der Waals surface area contributed by atoms with Crippen LogP contribution in [0.2, 0.25) is 0 Å². The topological polar surface area (TPSA) is 100 Å². The van der Waals surface area contributed by atoms with E-state index in [1.807, 2.05) is 20.8 Å². The summed E-state index contributed by atoms with van der Waals surface area (Å²) in [6.07, 6.45) is 4.58. The summed E-state index contributed by atoms with van der Waals surface area (Å²) >= 11 is 1.37. The standard InChI is InChI=1S/C22H32N6O3S2/c1-4-27(5-2)33(30,31)18-11-8-16(3)19(14-18)23-20(29)15-32-22-25-24-21(26-12-6-7-13-26)28(22)17-9-10-17/h8,11,14,17H,4-7,9-10,12-13,15H2,1-3H3,(H,23,29). The van der Waals surface area contributed by atoms with Crippen LogP contribution in [-0.4, -0.2) is 65.3 Å². The normalized spacial score (nSPS) is 16.5. The molecule has 0 radical (unpaired) electrons. The van der Waals surface area contributed by atoms with Crippen LogP contribution in [0.3, 0.4) is 0 Å². The van der Waals surface area contributed by atoms with Crippen LogP contribution in [0, 0.1) is 6.92 Å². The minimum absolute atomic E-state index is 0.178. The summed E-state index contributed by atoms with van der Waals surface area (Å²) in [6, 6.07) is 5.28. The van der Waals surface area contributed by atoms with Gasteiger partial charge in [-0.25, -0.2) is 8.42 Å². The zero-order chi connectivity index (χ0) is 23.6. The minimum Gasteiger partial charge on any atom is -0.341 e. The molecular weight excluding hydrogens is 460 g/mol. The molecule has 1 saturated heterocycles. The molecular formula is C22H32N6O3S2. The zero-order valence-corrected chi connectivity index (χ0v) is 21.1. The number of rotatable bonds is 10. The fourth-order valence-corrected chi connectivity index (χ4v) is 6.36. The number of nitrogens with zero attached hydrogens (tertiary/aromatic N) is 5. The van der Waals surface area contributed by atoms with Crippen LogP contribution < -0.4 is 10.2 Å². The molecule has 1 N–H and O–H groups in total. The lowest BCUT2D eigenvalue weighted by molar-refractivity contribution is -0.113. The van der Waals surface area contributed by atoms with E-state index < -0.39 is 10.0 Å². The van der Waals surface area contributed by atoms with Crippen molar-refractivity contribution >= 4 is 39.3 Å². The summed E-state index contributed by atoms with van der Waals surface area (Å²) < 4.78 is 29.3. The Morgan fingerprint density at radius 3 is 2.52 bits per heavy atom. The van der Waals surface area contributed by atoms with Crippen LogP contribution in [-0.2, 0) is 14.8 Å². The number of hydrogen-bond acceptors (Lipinski definition) is 7. The second-order valence-corrected chi connectivity index (χ2v) is 11.4. The first-order chi connectivity index (χ1) is 15.8. The Balaban J connectivity index is 1.45. The van der Waals surface area contributed by atoms with Gasteiger partial charge in [0.25, 0.3) is 0 Å². The van der Waals surface area contributed by atoms with Crippen LogP contribution in [0.5, 0.6) is 0 Å². The van der Waals surface area contributed by atoms with Gasteiger partial charge in [-0.05, 0) is 50.3 Å². The average Bonchev–Trinajstić information content (AvgIpc) is 3.31. The van der Waals surface area contributed by atoms with E-state index in [1.54, 1.807) is 18.2 Å². The van der Waals surface area contributed by atoms with Gasteiger partial charge in [0.05, 0.1) is 10.6 Å². The third kappa shape index (κ3) is 5.20. The number of sulfonamides is 1. The van der Waals surface area contributed by atoms with Crippen molar-refractivity contribution in [2.75, 3.05) is 42.1 Å². The predicted octanol–water partition coefficient (Wildman–Crippen LogP) is 3.28. The first kappa shape index (κ1) is 24.0. The van der Waals surface area contributed by atoms with Crippen molar-refractivity contribution in [3.8, 4) is 0 Å². The van der Waals surface area contributed by atoms with E-state index in [9.17, 15) is 13.2 Å². The molecule has 0 atom stereocenters. The number of amides is 1. The van der Waals surface area contributed by atoms with E-state index in [0.717, 1.165) is 42.6 Å². The molecule has 1 aliphatic carbocycles. The molecule has 1 aromatic carbocycles. The Morgan fingerprint density at radius 2 is 1.88 bits per heavy atom. The first-order valence-electron chi connectivity index (χ1n) is 11.6. The molecule has 2 aromatic rings. The van der Waals surface area contributed by atoms with Gasteiger partial charge >= 0.3 is 0 Å². The molecule has 180 valence electrons. The lowest BCUT2D eigenvalue weighted by atomic mass is 10.2. The number of anilines is 2. The number of benzene rings is 1. The SMILES string of the molecule is CCN(CC)S(=O)(=O)c1ccc(C)c(NC(=O)CSc2nnc(N3CCCC3)n2C2CC2)c1. The third-order valence-corrected chi connectivity index (χ3v) is 9.10. The van der Waals surface area contributed by atoms with Crippen LogP contribution in [0.15, 0.2) is 28.3 Å². The van der Waals surface area contributed by atoms with Crippen LogP contribution >= 0.6 is 11.8 Å². The first-order valence-corrected chi connectivity index (χ1v) is 14.0. The fourth-order valence-electron chi connectivity index (χ4n) is 4.08. The molecule has 1 aliphatic heterocycles. The summed E-state index contributed by atoms with van der Waals surface area (Å²) in [4.78, 5) is 15.2. The van der Waals surface area contributed by atoms with Crippen molar-refractivity contribution in [3.05, 3.63) is 23.8 Å². The fraction of sp³-hybridized carbons (Fsp3) is 0.591. The van der Waals surface area contributed by atoms with Gasteiger partial charge in [-0.1, -0.05) is 31.7 Å². The predicted molar refractivity (Wildman–Crippen MR) is 130 cm³/mol. The molecule has 0 spiro atoms. The summed E-state index contributed by atoms with van der Waals surface area (Å²) in [5, 5.41) is 12.4.